The maximum Gasteiger partial charge on any atom is 0.417 e. The summed E-state index contributed by atoms with van der Waals surface area (Å²) in [5, 5.41) is 9.25. The summed E-state index contributed by atoms with van der Waals surface area (Å²) >= 11 is 0. The van der Waals surface area contributed by atoms with Gasteiger partial charge in [0.25, 0.3) is 5.56 Å². The Morgan fingerprint density at radius 2 is 1.39 bits per heavy atom. The van der Waals surface area contributed by atoms with Crippen molar-refractivity contribution in [1.29, 1.82) is 5.26 Å². The van der Waals surface area contributed by atoms with Crippen LogP contribution < -0.4 is 5.56 Å². The van der Waals surface area contributed by atoms with Crippen LogP contribution in [0.2, 0.25) is 0 Å². The lowest BCUT2D eigenvalue weighted by molar-refractivity contribution is -0.143. The van der Waals surface area contributed by atoms with Gasteiger partial charge < -0.3 is 4.42 Å². The molecule has 2 heterocycles. The van der Waals surface area contributed by atoms with E-state index >= 15 is 0 Å². The molecule has 2 aromatic heterocycles. The Balaban J connectivity index is 1.95. The summed E-state index contributed by atoms with van der Waals surface area (Å²) in [5.41, 5.74) is -10.3. The Bertz CT molecular complexity index is 1700. The molecule has 0 unspecified atom stereocenters. The van der Waals surface area contributed by atoms with Crippen molar-refractivity contribution in [3.8, 4) is 28.7 Å². The normalized spacial score (nSPS) is 12.4. The summed E-state index contributed by atoms with van der Waals surface area (Å²) in [6, 6.07) is 4.84. The summed E-state index contributed by atoms with van der Waals surface area (Å²) < 4.78 is 154. The summed E-state index contributed by atoms with van der Waals surface area (Å²) in [4.78, 5) is 13.0. The number of rotatable bonds is 4. The fraction of sp³-hybridized carbons (Fsp3) is 0.154. The molecule has 0 atom stereocenters. The molecule has 0 aliphatic heterocycles. The van der Waals surface area contributed by atoms with Gasteiger partial charge in [0.15, 0.2) is 5.76 Å². The van der Waals surface area contributed by atoms with E-state index in [1.807, 2.05) is 0 Å². The first kappa shape index (κ1) is 29.4. The average Bonchev–Trinajstić information content (AvgIpc) is 3.34. The molecule has 4 nitrogen and oxygen atoms in total. The quantitative estimate of drug-likeness (QED) is 0.226. The molecule has 0 saturated heterocycles. The Hall–Kier alpha value is -4.61. The Kier molecular flexibility index (Phi) is 7.23. The number of pyridine rings is 1. The number of hydrogen-bond acceptors (Lipinski definition) is 3. The molecule has 0 saturated carbocycles. The van der Waals surface area contributed by atoms with Gasteiger partial charge in [-0.05, 0) is 42.0 Å². The van der Waals surface area contributed by atoms with Crippen LogP contribution in [0.5, 0.6) is 0 Å². The predicted octanol–water partition coefficient (Wildman–Crippen LogP) is 8.03. The van der Waals surface area contributed by atoms with Gasteiger partial charge in [0.1, 0.15) is 23.3 Å². The number of furan rings is 1. The Morgan fingerprint density at radius 1 is 0.780 bits per heavy atom. The predicted molar refractivity (Wildman–Crippen MR) is 119 cm³/mol. The third-order valence-electron chi connectivity index (χ3n) is 5.83. The van der Waals surface area contributed by atoms with Crippen LogP contribution in [0.3, 0.4) is 0 Å². The summed E-state index contributed by atoms with van der Waals surface area (Å²) in [5.74, 6) is -2.87. The SMILES string of the molecule is N#Cc1c(C(F)(F)F)cc(-c2cc(-c3cc(C(F)(F)F)cc(C(F)(F)F)c3)co2)n(Cc2ccc(F)cc2F)c1=O. The van der Waals surface area contributed by atoms with E-state index in [0.717, 1.165) is 24.3 Å². The van der Waals surface area contributed by atoms with Crippen molar-refractivity contribution in [3.63, 3.8) is 0 Å². The molecule has 0 radical (unpaired) electrons. The lowest BCUT2D eigenvalue weighted by atomic mass is 10.0. The number of benzene rings is 2. The highest BCUT2D eigenvalue weighted by atomic mass is 19.4. The second-order valence-corrected chi connectivity index (χ2v) is 8.55. The molecule has 0 spiro atoms. The topological polar surface area (TPSA) is 58.9 Å². The van der Waals surface area contributed by atoms with Gasteiger partial charge in [-0.25, -0.2) is 8.78 Å². The van der Waals surface area contributed by atoms with Crippen LogP contribution in [0.15, 0.2) is 64.0 Å². The lowest BCUT2D eigenvalue weighted by Gasteiger charge is -2.16. The fourth-order valence-electron chi connectivity index (χ4n) is 3.90. The van der Waals surface area contributed by atoms with Gasteiger partial charge in [0, 0.05) is 17.2 Å². The molecule has 0 N–H and O–H groups in total. The van der Waals surface area contributed by atoms with Crippen molar-refractivity contribution < 1.29 is 52.7 Å². The van der Waals surface area contributed by atoms with Gasteiger partial charge in [-0.3, -0.25) is 9.36 Å². The molecule has 0 fully saturated rings. The largest absolute Gasteiger partial charge is 0.462 e. The molecular weight excluding hydrogens is 581 g/mol. The number of nitriles is 1. The zero-order chi connectivity index (χ0) is 30.5. The minimum absolute atomic E-state index is 0.129. The first-order valence-electron chi connectivity index (χ1n) is 11.0. The van der Waals surface area contributed by atoms with Crippen molar-refractivity contribution in [3.05, 3.63) is 105 Å². The van der Waals surface area contributed by atoms with E-state index < -0.39 is 92.7 Å². The second kappa shape index (κ2) is 10.1. The average molecular weight is 592 g/mol. The smallest absolute Gasteiger partial charge is 0.417 e. The zero-order valence-electron chi connectivity index (χ0n) is 19.8. The second-order valence-electron chi connectivity index (χ2n) is 8.55. The van der Waals surface area contributed by atoms with Crippen molar-refractivity contribution in [2.45, 2.75) is 25.1 Å². The maximum absolute atomic E-state index is 14.3. The van der Waals surface area contributed by atoms with E-state index in [-0.39, 0.29) is 12.1 Å². The Morgan fingerprint density at radius 3 is 1.90 bits per heavy atom. The molecule has 41 heavy (non-hydrogen) atoms. The number of alkyl halides is 9. The van der Waals surface area contributed by atoms with Crippen LogP contribution in [0, 0.1) is 23.0 Å². The third kappa shape index (κ3) is 5.96. The first-order valence-corrected chi connectivity index (χ1v) is 11.0. The third-order valence-corrected chi connectivity index (χ3v) is 5.83. The van der Waals surface area contributed by atoms with Crippen LogP contribution in [-0.2, 0) is 25.1 Å². The van der Waals surface area contributed by atoms with Crippen LogP contribution in [0.25, 0.3) is 22.6 Å². The molecular formula is C26H11F11N2O2. The molecule has 214 valence electrons. The maximum atomic E-state index is 14.3. The highest BCUT2D eigenvalue weighted by Crippen LogP contribution is 2.40. The number of halogens is 11. The van der Waals surface area contributed by atoms with Crippen LogP contribution in [-0.4, -0.2) is 4.57 Å². The molecule has 0 aliphatic carbocycles. The molecule has 0 amide bonds. The minimum Gasteiger partial charge on any atom is -0.462 e. The van der Waals surface area contributed by atoms with E-state index in [2.05, 4.69) is 0 Å². The van der Waals surface area contributed by atoms with Crippen molar-refractivity contribution in [2.75, 3.05) is 0 Å². The lowest BCUT2D eigenvalue weighted by Crippen LogP contribution is -2.29. The number of nitrogens with zero attached hydrogens (tertiary/aromatic N) is 2. The highest BCUT2D eigenvalue weighted by molar-refractivity contribution is 5.70. The molecule has 4 rings (SSSR count). The van der Waals surface area contributed by atoms with Crippen molar-refractivity contribution >= 4 is 0 Å². The van der Waals surface area contributed by atoms with E-state index in [1.54, 1.807) is 0 Å². The molecule has 0 aliphatic rings. The Labute approximate surface area is 221 Å². The van der Waals surface area contributed by atoms with Crippen LogP contribution in [0.1, 0.15) is 27.8 Å². The van der Waals surface area contributed by atoms with Crippen LogP contribution >= 0.6 is 0 Å². The molecule has 15 heteroatoms. The van der Waals surface area contributed by atoms with Gasteiger partial charge in [0.2, 0.25) is 0 Å². The van der Waals surface area contributed by atoms with Gasteiger partial charge in [0.05, 0.1) is 35.2 Å². The first-order chi connectivity index (χ1) is 18.9. The van der Waals surface area contributed by atoms with Gasteiger partial charge >= 0.3 is 18.5 Å². The molecule has 0 bridgehead atoms. The summed E-state index contributed by atoms with van der Waals surface area (Å²) in [6.07, 6.45) is -15.0. The zero-order valence-corrected chi connectivity index (χ0v) is 19.8. The van der Waals surface area contributed by atoms with Gasteiger partial charge in [-0.1, -0.05) is 6.07 Å². The number of hydrogen-bond donors (Lipinski definition) is 0. The molecule has 4 aromatic rings. The van der Waals surface area contributed by atoms with E-state index in [1.165, 1.54) is 0 Å². The van der Waals surface area contributed by atoms with Crippen LogP contribution in [0.4, 0.5) is 48.3 Å². The summed E-state index contributed by atoms with van der Waals surface area (Å²) in [7, 11) is 0. The summed E-state index contributed by atoms with van der Waals surface area (Å²) in [6.45, 7) is -0.856. The van der Waals surface area contributed by atoms with E-state index in [4.69, 9.17) is 4.42 Å². The van der Waals surface area contributed by atoms with Gasteiger partial charge in [-0.2, -0.15) is 44.8 Å². The van der Waals surface area contributed by atoms with Gasteiger partial charge in [-0.15, -0.1) is 0 Å². The van der Waals surface area contributed by atoms with E-state index in [9.17, 15) is 58.4 Å². The fourth-order valence-corrected chi connectivity index (χ4v) is 3.90. The van der Waals surface area contributed by atoms with E-state index in [0.29, 0.717) is 29.0 Å². The van der Waals surface area contributed by atoms with Crippen molar-refractivity contribution in [2.24, 2.45) is 0 Å². The highest BCUT2D eigenvalue weighted by Gasteiger charge is 2.38. The molecule has 2 aromatic carbocycles. The van der Waals surface area contributed by atoms with Crippen molar-refractivity contribution in [1.82, 2.24) is 4.57 Å². The number of aromatic nitrogens is 1. The standard InChI is InChI=1S/C26H11F11N2O2/c27-17-2-1-12(20(28)7-17)10-39-21(8-19(26(35,36)37)18(9-38)23(39)40)22-5-14(11-41-22)13-3-15(24(29,30)31)6-16(4-13)25(32,33)34/h1-8,11H,10H2. The minimum atomic E-state index is -5.27. The monoisotopic (exact) mass is 592 g/mol.